The summed E-state index contributed by atoms with van der Waals surface area (Å²) in [5.41, 5.74) is 0. The van der Waals surface area contributed by atoms with E-state index in [9.17, 15) is 4.79 Å². The van der Waals surface area contributed by atoms with Gasteiger partial charge in [0.2, 0.25) is 5.91 Å². The molecule has 1 N–H and O–H groups in total. The van der Waals surface area contributed by atoms with Gasteiger partial charge in [-0.15, -0.1) is 0 Å². The number of rotatable bonds is 6. The van der Waals surface area contributed by atoms with Crippen molar-refractivity contribution < 1.29 is 4.79 Å². The van der Waals surface area contributed by atoms with Crippen molar-refractivity contribution in [1.29, 1.82) is 0 Å². The molecule has 4 nitrogen and oxygen atoms in total. The zero-order chi connectivity index (χ0) is 15.4. The van der Waals surface area contributed by atoms with Gasteiger partial charge in [-0.3, -0.25) is 9.69 Å². The summed E-state index contributed by atoms with van der Waals surface area (Å²) >= 11 is 5.81. The number of carbonyl (C=O) groups is 1. The minimum Gasteiger partial charge on any atom is -0.310 e. The van der Waals surface area contributed by atoms with Crippen LogP contribution < -0.4 is 5.32 Å². The largest absolute Gasteiger partial charge is 0.310 e. The molecule has 3 rings (SSSR count). The van der Waals surface area contributed by atoms with Crippen LogP contribution in [0, 0.1) is 5.92 Å². The Hall–Kier alpha value is -1.13. The molecule has 0 radical (unpaired) electrons. The van der Waals surface area contributed by atoms with E-state index in [1.54, 1.807) is 18.3 Å². The fourth-order valence-corrected chi connectivity index (χ4v) is 3.41. The van der Waals surface area contributed by atoms with E-state index >= 15 is 0 Å². The zero-order valence-corrected chi connectivity index (χ0v) is 13.7. The molecule has 2 saturated carbocycles. The van der Waals surface area contributed by atoms with E-state index in [4.69, 9.17) is 11.6 Å². The minimum absolute atomic E-state index is 0.0255. The second kappa shape index (κ2) is 7.42. The molecule has 1 amide bonds. The Morgan fingerprint density at radius 3 is 2.64 bits per heavy atom. The molecule has 5 heteroatoms. The van der Waals surface area contributed by atoms with E-state index in [1.165, 1.54) is 44.9 Å². The number of pyridine rings is 1. The Morgan fingerprint density at radius 2 is 2.00 bits per heavy atom. The standard InChI is InChI=1S/C17H24ClN3O/c18-14-6-9-16(19-10-14)20-17(22)12-21(15-7-8-15)11-13-4-2-1-3-5-13/h6,9-10,13,15H,1-5,7-8,11-12H2,(H,19,20,22). The third-order valence-corrected chi connectivity index (χ3v) is 4.85. The third-order valence-electron chi connectivity index (χ3n) is 4.62. The molecule has 2 aliphatic rings. The van der Waals surface area contributed by atoms with Gasteiger partial charge >= 0.3 is 0 Å². The van der Waals surface area contributed by atoms with E-state index in [0.717, 1.165) is 12.5 Å². The Labute approximate surface area is 137 Å². The van der Waals surface area contributed by atoms with Crippen LogP contribution in [0.5, 0.6) is 0 Å². The van der Waals surface area contributed by atoms with E-state index in [1.807, 2.05) is 0 Å². The molecule has 1 heterocycles. The monoisotopic (exact) mass is 321 g/mol. The molecular weight excluding hydrogens is 298 g/mol. The average Bonchev–Trinajstić information content (AvgIpc) is 3.35. The number of nitrogens with zero attached hydrogens (tertiary/aromatic N) is 2. The van der Waals surface area contributed by atoms with Gasteiger partial charge in [0.1, 0.15) is 5.82 Å². The maximum atomic E-state index is 12.3. The van der Waals surface area contributed by atoms with Crippen LogP contribution in [-0.2, 0) is 4.79 Å². The number of halogens is 1. The maximum absolute atomic E-state index is 12.3. The lowest BCUT2D eigenvalue weighted by Gasteiger charge is -2.29. The van der Waals surface area contributed by atoms with Crippen LogP contribution in [0.1, 0.15) is 44.9 Å². The first kappa shape index (κ1) is 15.8. The zero-order valence-electron chi connectivity index (χ0n) is 12.9. The fraction of sp³-hybridized carbons (Fsp3) is 0.647. The summed E-state index contributed by atoms with van der Waals surface area (Å²) in [5.74, 6) is 1.37. The van der Waals surface area contributed by atoms with E-state index in [0.29, 0.717) is 23.4 Å². The van der Waals surface area contributed by atoms with Gasteiger partial charge < -0.3 is 5.32 Å². The SMILES string of the molecule is O=C(CN(CC1CCCCC1)C1CC1)Nc1ccc(Cl)cn1. The molecule has 0 saturated heterocycles. The van der Waals surface area contributed by atoms with Gasteiger partial charge in [-0.2, -0.15) is 0 Å². The Bertz CT molecular complexity index is 495. The normalized spacial score (nSPS) is 19.4. The van der Waals surface area contributed by atoms with Crippen LogP contribution in [0.3, 0.4) is 0 Å². The van der Waals surface area contributed by atoms with Crippen LogP contribution >= 0.6 is 11.6 Å². The summed E-state index contributed by atoms with van der Waals surface area (Å²) in [6, 6.07) is 4.10. The highest BCUT2D eigenvalue weighted by atomic mass is 35.5. The van der Waals surface area contributed by atoms with Crippen molar-refractivity contribution in [3.8, 4) is 0 Å². The van der Waals surface area contributed by atoms with Crippen LogP contribution in [0.2, 0.25) is 5.02 Å². The van der Waals surface area contributed by atoms with Crippen LogP contribution in [0.25, 0.3) is 0 Å². The lowest BCUT2D eigenvalue weighted by molar-refractivity contribution is -0.117. The van der Waals surface area contributed by atoms with Crippen molar-refractivity contribution >= 4 is 23.3 Å². The lowest BCUT2D eigenvalue weighted by atomic mass is 9.89. The summed E-state index contributed by atoms with van der Waals surface area (Å²) in [5, 5.41) is 3.45. The number of anilines is 1. The van der Waals surface area contributed by atoms with Crippen molar-refractivity contribution in [1.82, 2.24) is 9.88 Å². The van der Waals surface area contributed by atoms with Gasteiger partial charge in [0.05, 0.1) is 11.6 Å². The number of amides is 1. The summed E-state index contributed by atoms with van der Waals surface area (Å²) < 4.78 is 0. The van der Waals surface area contributed by atoms with Gasteiger partial charge in [0.25, 0.3) is 0 Å². The van der Waals surface area contributed by atoms with Gasteiger partial charge in [-0.25, -0.2) is 4.98 Å². The van der Waals surface area contributed by atoms with Crippen molar-refractivity contribution in [3.05, 3.63) is 23.4 Å². The summed E-state index contributed by atoms with van der Waals surface area (Å²) in [6.45, 7) is 1.55. The first-order valence-corrected chi connectivity index (χ1v) is 8.74. The van der Waals surface area contributed by atoms with Crippen LogP contribution in [-0.4, -0.2) is 34.9 Å². The summed E-state index contributed by atoms with van der Waals surface area (Å²) in [4.78, 5) is 18.8. The molecule has 0 bridgehead atoms. The Morgan fingerprint density at radius 1 is 1.23 bits per heavy atom. The number of aromatic nitrogens is 1. The van der Waals surface area contributed by atoms with E-state index in [-0.39, 0.29) is 5.91 Å². The first-order chi connectivity index (χ1) is 10.7. The van der Waals surface area contributed by atoms with Crippen molar-refractivity contribution in [3.63, 3.8) is 0 Å². The number of carbonyl (C=O) groups excluding carboxylic acids is 1. The molecule has 0 atom stereocenters. The third kappa shape index (κ3) is 4.68. The first-order valence-electron chi connectivity index (χ1n) is 8.36. The fourth-order valence-electron chi connectivity index (χ4n) is 3.30. The Balaban J connectivity index is 1.51. The highest BCUT2D eigenvalue weighted by Crippen LogP contribution is 2.31. The van der Waals surface area contributed by atoms with Gasteiger partial charge in [0, 0.05) is 18.8 Å². The second-order valence-electron chi connectivity index (χ2n) is 6.57. The van der Waals surface area contributed by atoms with E-state index < -0.39 is 0 Å². The number of hydrogen-bond donors (Lipinski definition) is 1. The van der Waals surface area contributed by atoms with Gasteiger partial charge in [-0.05, 0) is 43.7 Å². The predicted octanol–water partition coefficient (Wildman–Crippen LogP) is 3.72. The summed E-state index contributed by atoms with van der Waals surface area (Å²) in [7, 11) is 0. The van der Waals surface area contributed by atoms with Gasteiger partial charge in [0.15, 0.2) is 0 Å². The molecule has 120 valence electrons. The lowest BCUT2D eigenvalue weighted by Crippen LogP contribution is -2.38. The minimum atomic E-state index is 0.0255. The topological polar surface area (TPSA) is 45.2 Å². The quantitative estimate of drug-likeness (QED) is 0.868. The molecule has 22 heavy (non-hydrogen) atoms. The van der Waals surface area contributed by atoms with Crippen LogP contribution in [0.15, 0.2) is 18.3 Å². The number of nitrogens with one attached hydrogen (secondary N) is 1. The summed E-state index contributed by atoms with van der Waals surface area (Å²) in [6.07, 6.45) is 10.8. The smallest absolute Gasteiger partial charge is 0.239 e. The molecule has 0 spiro atoms. The number of hydrogen-bond acceptors (Lipinski definition) is 3. The van der Waals surface area contributed by atoms with Crippen molar-refractivity contribution in [2.24, 2.45) is 5.92 Å². The molecule has 0 unspecified atom stereocenters. The maximum Gasteiger partial charge on any atom is 0.239 e. The highest BCUT2D eigenvalue weighted by molar-refractivity contribution is 6.30. The molecule has 1 aromatic rings. The Kier molecular flexibility index (Phi) is 5.32. The average molecular weight is 322 g/mol. The van der Waals surface area contributed by atoms with Crippen molar-refractivity contribution in [2.45, 2.75) is 51.0 Å². The highest BCUT2D eigenvalue weighted by Gasteiger charge is 2.32. The van der Waals surface area contributed by atoms with E-state index in [2.05, 4.69) is 15.2 Å². The molecule has 2 fully saturated rings. The molecule has 2 aliphatic carbocycles. The predicted molar refractivity (Wildman–Crippen MR) is 89.0 cm³/mol. The molecule has 1 aromatic heterocycles. The van der Waals surface area contributed by atoms with Crippen molar-refractivity contribution in [2.75, 3.05) is 18.4 Å². The van der Waals surface area contributed by atoms with Crippen LogP contribution in [0.4, 0.5) is 5.82 Å². The molecule has 0 aromatic carbocycles. The van der Waals surface area contributed by atoms with Gasteiger partial charge in [-0.1, -0.05) is 30.9 Å². The molecule has 0 aliphatic heterocycles. The second-order valence-corrected chi connectivity index (χ2v) is 7.01. The molecular formula is C17H24ClN3O.